The number of benzene rings is 3. The summed E-state index contributed by atoms with van der Waals surface area (Å²) in [5.41, 5.74) is 2.33. The summed E-state index contributed by atoms with van der Waals surface area (Å²) < 4.78 is 25.2. The van der Waals surface area contributed by atoms with Gasteiger partial charge in [0.2, 0.25) is 0 Å². The minimum absolute atomic E-state index is 0.0701. The van der Waals surface area contributed by atoms with Crippen molar-refractivity contribution in [3.05, 3.63) is 96.1 Å². The van der Waals surface area contributed by atoms with Gasteiger partial charge in [0.25, 0.3) is 0 Å². The summed E-state index contributed by atoms with van der Waals surface area (Å²) in [4.78, 5) is 4.79. The third-order valence-electron chi connectivity index (χ3n) is 3.59. The van der Waals surface area contributed by atoms with Crippen molar-refractivity contribution in [1.29, 1.82) is 0 Å². The second kappa shape index (κ2) is 7.23. The summed E-state index contributed by atoms with van der Waals surface area (Å²) in [6.45, 7) is 0. The van der Waals surface area contributed by atoms with Crippen molar-refractivity contribution in [3.8, 4) is 0 Å². The number of aliphatic imine (C=N–C) groups is 1. The van der Waals surface area contributed by atoms with Crippen molar-refractivity contribution < 1.29 is 8.42 Å². The molecule has 0 N–H and O–H groups in total. The molecular formula is C20H17NO2S. The maximum atomic E-state index is 12.6. The van der Waals surface area contributed by atoms with Gasteiger partial charge < -0.3 is 0 Å². The normalized spacial score (nSPS) is 11.7. The topological polar surface area (TPSA) is 46.5 Å². The summed E-state index contributed by atoms with van der Waals surface area (Å²) in [5, 5.41) is 0. The van der Waals surface area contributed by atoms with Crippen LogP contribution in [0.5, 0.6) is 0 Å². The van der Waals surface area contributed by atoms with E-state index in [9.17, 15) is 8.42 Å². The summed E-state index contributed by atoms with van der Waals surface area (Å²) >= 11 is 0. The van der Waals surface area contributed by atoms with Gasteiger partial charge in [0.15, 0.2) is 9.84 Å². The highest BCUT2D eigenvalue weighted by atomic mass is 32.2. The molecule has 3 aromatic rings. The number of hydrogen-bond acceptors (Lipinski definition) is 3. The van der Waals surface area contributed by atoms with Crippen molar-refractivity contribution in [3.63, 3.8) is 0 Å². The Morgan fingerprint density at radius 3 is 2.04 bits per heavy atom. The van der Waals surface area contributed by atoms with E-state index in [1.807, 2.05) is 48.5 Å². The van der Waals surface area contributed by atoms with Gasteiger partial charge in [-0.05, 0) is 29.3 Å². The van der Waals surface area contributed by atoms with Crippen LogP contribution in [0.3, 0.4) is 0 Å². The van der Waals surface area contributed by atoms with E-state index < -0.39 is 9.84 Å². The first-order chi connectivity index (χ1) is 11.6. The fourth-order valence-corrected chi connectivity index (χ4v) is 3.75. The summed E-state index contributed by atoms with van der Waals surface area (Å²) in [5.74, 6) is -0.0701. The van der Waals surface area contributed by atoms with E-state index in [0.29, 0.717) is 16.1 Å². The molecule has 0 spiro atoms. The Hall–Kier alpha value is -2.72. The summed E-state index contributed by atoms with van der Waals surface area (Å²) in [6, 6.07) is 25.5. The zero-order valence-electron chi connectivity index (χ0n) is 13.0. The van der Waals surface area contributed by atoms with Crippen molar-refractivity contribution in [2.24, 2.45) is 4.99 Å². The Kier molecular flexibility index (Phi) is 4.87. The molecule has 0 unspecified atom stereocenters. The first kappa shape index (κ1) is 16.1. The summed E-state index contributed by atoms with van der Waals surface area (Å²) in [7, 11) is -3.39. The molecule has 0 aliphatic rings. The van der Waals surface area contributed by atoms with Gasteiger partial charge in [-0.2, -0.15) is 0 Å². The van der Waals surface area contributed by atoms with E-state index in [2.05, 4.69) is 4.99 Å². The minimum Gasteiger partial charge on any atom is -0.256 e. The van der Waals surface area contributed by atoms with Crippen molar-refractivity contribution in [2.45, 2.75) is 10.6 Å². The third kappa shape index (κ3) is 3.97. The molecule has 3 rings (SSSR count). The molecule has 0 saturated carbocycles. The molecule has 0 bridgehead atoms. The third-order valence-corrected chi connectivity index (χ3v) is 5.27. The van der Waals surface area contributed by atoms with Crippen LogP contribution in [0.2, 0.25) is 0 Å². The molecule has 4 heteroatoms. The molecule has 0 aromatic heterocycles. The lowest BCUT2D eigenvalue weighted by atomic mass is 10.2. The molecule has 120 valence electrons. The van der Waals surface area contributed by atoms with E-state index in [0.717, 1.165) is 5.56 Å². The van der Waals surface area contributed by atoms with Gasteiger partial charge in [0, 0.05) is 6.21 Å². The van der Waals surface area contributed by atoms with Crippen LogP contribution in [0.15, 0.2) is 94.8 Å². The lowest BCUT2D eigenvalue weighted by molar-refractivity contribution is 0.595. The van der Waals surface area contributed by atoms with Gasteiger partial charge in [0.05, 0.1) is 16.3 Å². The van der Waals surface area contributed by atoms with Crippen LogP contribution in [0.4, 0.5) is 5.69 Å². The van der Waals surface area contributed by atoms with Crippen LogP contribution in [0.1, 0.15) is 11.1 Å². The van der Waals surface area contributed by atoms with Crippen LogP contribution in [0, 0.1) is 0 Å². The first-order valence-electron chi connectivity index (χ1n) is 7.60. The van der Waals surface area contributed by atoms with Crippen molar-refractivity contribution >= 4 is 21.7 Å². The molecular weight excluding hydrogens is 318 g/mol. The number of hydrogen-bond donors (Lipinski definition) is 0. The highest BCUT2D eigenvalue weighted by Crippen LogP contribution is 2.24. The minimum atomic E-state index is -3.39. The molecule has 0 aliphatic carbocycles. The van der Waals surface area contributed by atoms with E-state index in [4.69, 9.17) is 0 Å². The monoisotopic (exact) mass is 335 g/mol. The zero-order chi connectivity index (χ0) is 16.8. The number of sulfone groups is 1. The molecule has 0 aliphatic heterocycles. The van der Waals surface area contributed by atoms with E-state index in [1.54, 1.807) is 42.6 Å². The zero-order valence-corrected chi connectivity index (χ0v) is 13.9. The van der Waals surface area contributed by atoms with Gasteiger partial charge in [0.1, 0.15) is 0 Å². The standard InChI is InChI=1S/C20H17NO2S/c22-24(23,19-12-5-2-6-13-19)16-18-11-7-8-14-20(18)21-15-17-9-3-1-4-10-17/h1-15H,16H2. The van der Waals surface area contributed by atoms with Crippen molar-refractivity contribution in [2.75, 3.05) is 0 Å². The predicted octanol–water partition coefficient (Wildman–Crippen LogP) is 4.41. The Bertz CT molecular complexity index is 934. The maximum absolute atomic E-state index is 12.6. The first-order valence-corrected chi connectivity index (χ1v) is 9.25. The SMILES string of the molecule is O=S(=O)(Cc1ccccc1N=Cc1ccccc1)c1ccccc1. The predicted molar refractivity (Wildman–Crippen MR) is 97.5 cm³/mol. The fourth-order valence-electron chi connectivity index (χ4n) is 2.36. The smallest absolute Gasteiger partial charge is 0.182 e. The van der Waals surface area contributed by atoms with E-state index >= 15 is 0 Å². The molecule has 0 radical (unpaired) electrons. The van der Waals surface area contributed by atoms with Crippen LogP contribution < -0.4 is 0 Å². The second-order valence-corrected chi connectivity index (χ2v) is 7.36. The molecule has 3 nitrogen and oxygen atoms in total. The van der Waals surface area contributed by atoms with E-state index in [1.165, 1.54) is 0 Å². The molecule has 0 heterocycles. The highest BCUT2D eigenvalue weighted by molar-refractivity contribution is 7.90. The van der Waals surface area contributed by atoms with Crippen LogP contribution in [-0.4, -0.2) is 14.6 Å². The van der Waals surface area contributed by atoms with Crippen LogP contribution in [0.25, 0.3) is 0 Å². The molecule has 0 atom stereocenters. The Labute approximate surface area is 142 Å². The van der Waals surface area contributed by atoms with E-state index in [-0.39, 0.29) is 5.75 Å². The maximum Gasteiger partial charge on any atom is 0.182 e. The lowest BCUT2D eigenvalue weighted by Gasteiger charge is -2.07. The Morgan fingerprint density at radius 1 is 0.750 bits per heavy atom. The molecule has 24 heavy (non-hydrogen) atoms. The molecule has 0 amide bonds. The summed E-state index contributed by atoms with van der Waals surface area (Å²) in [6.07, 6.45) is 1.74. The number of para-hydroxylation sites is 1. The Morgan fingerprint density at radius 2 is 1.33 bits per heavy atom. The fraction of sp³-hybridized carbons (Fsp3) is 0.0500. The molecule has 0 saturated heterocycles. The van der Waals surface area contributed by atoms with Gasteiger partial charge in [-0.1, -0.05) is 66.7 Å². The lowest BCUT2D eigenvalue weighted by Crippen LogP contribution is -2.05. The van der Waals surface area contributed by atoms with Gasteiger partial charge in [-0.25, -0.2) is 8.42 Å². The quantitative estimate of drug-likeness (QED) is 0.648. The van der Waals surface area contributed by atoms with Gasteiger partial charge in [-0.3, -0.25) is 4.99 Å². The highest BCUT2D eigenvalue weighted by Gasteiger charge is 2.16. The van der Waals surface area contributed by atoms with Crippen molar-refractivity contribution in [1.82, 2.24) is 0 Å². The molecule has 3 aromatic carbocycles. The van der Waals surface area contributed by atoms with Crippen LogP contribution >= 0.6 is 0 Å². The van der Waals surface area contributed by atoms with Gasteiger partial charge >= 0.3 is 0 Å². The number of nitrogens with zero attached hydrogens (tertiary/aromatic N) is 1. The van der Waals surface area contributed by atoms with Crippen LogP contribution in [-0.2, 0) is 15.6 Å². The largest absolute Gasteiger partial charge is 0.256 e. The second-order valence-electron chi connectivity index (χ2n) is 5.37. The Balaban J connectivity index is 1.89. The average molecular weight is 335 g/mol. The average Bonchev–Trinajstić information content (AvgIpc) is 2.62. The number of rotatable bonds is 5. The molecule has 0 fully saturated rings. The van der Waals surface area contributed by atoms with Gasteiger partial charge in [-0.15, -0.1) is 0 Å².